The average molecular weight is 240 g/mol. The molecule has 3 nitrogen and oxygen atoms in total. The van der Waals surface area contributed by atoms with Crippen LogP contribution in [0.25, 0.3) is 10.9 Å². The zero-order valence-corrected chi connectivity index (χ0v) is 8.87. The number of fused-ring (bicyclic) bond motifs is 1. The van der Waals surface area contributed by atoms with Crippen molar-refractivity contribution >= 4 is 28.8 Å². The number of hydrogen-bond donors (Lipinski definition) is 0. The normalized spacial score (nSPS) is 10.6. The van der Waals surface area contributed by atoms with Gasteiger partial charge in [-0.1, -0.05) is 11.6 Å². The van der Waals surface area contributed by atoms with Crippen molar-refractivity contribution in [1.29, 1.82) is 0 Å². The van der Waals surface area contributed by atoms with Crippen LogP contribution in [0.4, 0.5) is 4.39 Å². The summed E-state index contributed by atoms with van der Waals surface area (Å²) in [4.78, 5) is 22.0. The van der Waals surface area contributed by atoms with Crippen molar-refractivity contribution in [3.8, 4) is 0 Å². The number of nitrogens with zero attached hydrogens (tertiary/aromatic N) is 1. The first-order valence-electron chi connectivity index (χ1n) is 4.55. The first-order chi connectivity index (χ1) is 7.63. The van der Waals surface area contributed by atoms with Gasteiger partial charge < -0.3 is 9.36 Å². The first-order valence-corrected chi connectivity index (χ1v) is 4.93. The number of halogens is 2. The van der Waals surface area contributed by atoms with Crippen LogP contribution in [0.1, 0.15) is 0 Å². The molecule has 0 amide bonds. The van der Waals surface area contributed by atoms with Crippen LogP contribution in [0.2, 0.25) is 5.02 Å². The average Bonchev–Trinajstić information content (AvgIpc) is 2.23. The SMILES string of the molecule is O=CCn1c(=O)cc(Cl)c2ccc(F)cc21. The third-order valence-corrected chi connectivity index (χ3v) is 2.59. The molecule has 0 unspecified atom stereocenters. The van der Waals surface area contributed by atoms with E-state index in [9.17, 15) is 14.0 Å². The van der Waals surface area contributed by atoms with Gasteiger partial charge >= 0.3 is 0 Å². The van der Waals surface area contributed by atoms with E-state index in [0.29, 0.717) is 17.2 Å². The monoisotopic (exact) mass is 239 g/mol. The molecule has 1 heterocycles. The van der Waals surface area contributed by atoms with Crippen molar-refractivity contribution in [3.05, 3.63) is 45.5 Å². The van der Waals surface area contributed by atoms with Gasteiger partial charge in [-0.25, -0.2) is 4.39 Å². The van der Waals surface area contributed by atoms with Crippen molar-refractivity contribution in [1.82, 2.24) is 4.57 Å². The van der Waals surface area contributed by atoms with Crippen LogP contribution in [0, 0.1) is 5.82 Å². The lowest BCUT2D eigenvalue weighted by molar-refractivity contribution is -0.108. The Morgan fingerprint density at radius 2 is 2.12 bits per heavy atom. The van der Waals surface area contributed by atoms with Crippen LogP contribution in [-0.4, -0.2) is 10.9 Å². The molecule has 82 valence electrons. The van der Waals surface area contributed by atoms with Crippen LogP contribution in [-0.2, 0) is 11.3 Å². The van der Waals surface area contributed by atoms with Crippen LogP contribution in [0.15, 0.2) is 29.1 Å². The Bertz CT molecular complexity index is 621. The maximum absolute atomic E-state index is 13.1. The van der Waals surface area contributed by atoms with Gasteiger partial charge in [-0.15, -0.1) is 0 Å². The Hall–Kier alpha value is -1.68. The Morgan fingerprint density at radius 3 is 2.81 bits per heavy atom. The van der Waals surface area contributed by atoms with Crippen molar-refractivity contribution in [2.24, 2.45) is 0 Å². The zero-order chi connectivity index (χ0) is 11.7. The Kier molecular flexibility index (Phi) is 2.75. The third kappa shape index (κ3) is 1.72. The number of hydrogen-bond acceptors (Lipinski definition) is 2. The lowest BCUT2D eigenvalue weighted by Gasteiger charge is -2.08. The molecule has 0 saturated heterocycles. The largest absolute Gasteiger partial charge is 0.301 e. The molecule has 2 rings (SSSR count). The number of rotatable bonds is 2. The van der Waals surface area contributed by atoms with Crippen molar-refractivity contribution in [3.63, 3.8) is 0 Å². The Labute approximate surface area is 95.1 Å². The van der Waals surface area contributed by atoms with E-state index in [1.807, 2.05) is 0 Å². The van der Waals surface area contributed by atoms with Crippen LogP contribution >= 0.6 is 11.6 Å². The molecular weight excluding hydrogens is 233 g/mol. The summed E-state index contributed by atoms with van der Waals surface area (Å²) in [7, 11) is 0. The molecule has 2 aromatic rings. The first kappa shape index (κ1) is 10.8. The molecule has 0 N–H and O–H groups in total. The van der Waals surface area contributed by atoms with Gasteiger partial charge in [-0.3, -0.25) is 4.79 Å². The maximum Gasteiger partial charge on any atom is 0.252 e. The van der Waals surface area contributed by atoms with E-state index in [1.165, 1.54) is 28.8 Å². The smallest absolute Gasteiger partial charge is 0.252 e. The molecule has 0 aliphatic carbocycles. The topological polar surface area (TPSA) is 39.1 Å². The fourth-order valence-electron chi connectivity index (χ4n) is 1.58. The van der Waals surface area contributed by atoms with E-state index < -0.39 is 11.4 Å². The number of benzene rings is 1. The van der Waals surface area contributed by atoms with E-state index in [0.717, 1.165) is 0 Å². The second-order valence-electron chi connectivity index (χ2n) is 3.27. The lowest BCUT2D eigenvalue weighted by Crippen LogP contribution is -2.20. The molecule has 1 aromatic carbocycles. The summed E-state index contributed by atoms with van der Waals surface area (Å²) in [6.45, 7) is -0.115. The summed E-state index contributed by atoms with van der Waals surface area (Å²) in [6, 6.07) is 5.13. The minimum absolute atomic E-state index is 0.115. The van der Waals surface area contributed by atoms with E-state index >= 15 is 0 Å². The summed E-state index contributed by atoms with van der Waals surface area (Å²) < 4.78 is 14.3. The lowest BCUT2D eigenvalue weighted by atomic mass is 10.2. The highest BCUT2D eigenvalue weighted by Crippen LogP contribution is 2.21. The van der Waals surface area contributed by atoms with Gasteiger partial charge in [0.25, 0.3) is 5.56 Å². The predicted molar refractivity (Wildman–Crippen MR) is 59.2 cm³/mol. The van der Waals surface area contributed by atoms with E-state index in [2.05, 4.69) is 0 Å². The van der Waals surface area contributed by atoms with Crippen molar-refractivity contribution in [2.75, 3.05) is 0 Å². The van der Waals surface area contributed by atoms with Gasteiger partial charge in [-0.05, 0) is 18.2 Å². The van der Waals surface area contributed by atoms with Crippen molar-refractivity contribution in [2.45, 2.75) is 6.54 Å². The second kappa shape index (κ2) is 4.06. The minimum atomic E-state index is -0.478. The number of aromatic nitrogens is 1. The number of carbonyl (C=O) groups is 1. The summed E-state index contributed by atoms with van der Waals surface area (Å²) in [5.41, 5.74) is -0.0974. The number of carbonyl (C=O) groups excluding carboxylic acids is 1. The van der Waals surface area contributed by atoms with Crippen molar-refractivity contribution < 1.29 is 9.18 Å². The van der Waals surface area contributed by atoms with Crippen LogP contribution in [0.5, 0.6) is 0 Å². The summed E-state index contributed by atoms with van der Waals surface area (Å²) >= 11 is 5.86. The maximum atomic E-state index is 13.1. The second-order valence-corrected chi connectivity index (χ2v) is 3.68. The Morgan fingerprint density at radius 1 is 1.38 bits per heavy atom. The van der Waals surface area contributed by atoms with Gasteiger partial charge in [0.1, 0.15) is 12.1 Å². The fraction of sp³-hybridized carbons (Fsp3) is 0.0909. The highest BCUT2D eigenvalue weighted by molar-refractivity contribution is 6.35. The summed E-state index contributed by atoms with van der Waals surface area (Å²) in [5, 5.41) is 0.798. The van der Waals surface area contributed by atoms with Crippen LogP contribution in [0.3, 0.4) is 0 Å². The fourth-order valence-corrected chi connectivity index (χ4v) is 1.83. The number of aldehydes is 1. The molecule has 0 fully saturated rings. The number of pyridine rings is 1. The summed E-state index contributed by atoms with van der Waals surface area (Å²) in [5.74, 6) is -0.478. The van der Waals surface area contributed by atoms with Gasteiger partial charge in [0, 0.05) is 11.5 Å². The molecule has 0 atom stereocenters. The quantitative estimate of drug-likeness (QED) is 0.752. The van der Waals surface area contributed by atoms with E-state index in [4.69, 9.17) is 11.6 Å². The molecule has 16 heavy (non-hydrogen) atoms. The molecule has 0 spiro atoms. The molecule has 0 aliphatic rings. The molecule has 0 radical (unpaired) electrons. The molecule has 5 heteroatoms. The molecule has 1 aromatic heterocycles. The molecular formula is C11H7ClFNO2. The van der Waals surface area contributed by atoms with Gasteiger partial charge in [0.05, 0.1) is 17.1 Å². The summed E-state index contributed by atoms with van der Waals surface area (Å²) in [6.07, 6.45) is 0.583. The van der Waals surface area contributed by atoms with Gasteiger partial charge in [-0.2, -0.15) is 0 Å². The highest BCUT2D eigenvalue weighted by atomic mass is 35.5. The minimum Gasteiger partial charge on any atom is -0.301 e. The molecule has 0 saturated carbocycles. The Balaban J connectivity index is 2.91. The predicted octanol–water partition coefficient (Wildman–Crippen LogP) is 1.99. The highest BCUT2D eigenvalue weighted by Gasteiger charge is 2.07. The van der Waals surface area contributed by atoms with Gasteiger partial charge in [0.15, 0.2) is 0 Å². The molecule has 0 bridgehead atoms. The van der Waals surface area contributed by atoms with E-state index in [1.54, 1.807) is 0 Å². The standard InChI is InChI=1S/C11H7ClFNO2/c12-9-6-11(16)14(3-4-15)10-5-7(13)1-2-8(9)10/h1-2,4-6H,3H2. The zero-order valence-electron chi connectivity index (χ0n) is 8.11. The van der Waals surface area contributed by atoms with Crippen LogP contribution < -0.4 is 5.56 Å². The van der Waals surface area contributed by atoms with E-state index in [-0.39, 0.29) is 11.6 Å². The third-order valence-electron chi connectivity index (χ3n) is 2.28. The van der Waals surface area contributed by atoms with Gasteiger partial charge in [0.2, 0.25) is 0 Å². The molecule has 0 aliphatic heterocycles.